The zero-order valence-corrected chi connectivity index (χ0v) is 13.9. The molecule has 6 heteroatoms. The molecule has 0 heterocycles. The van der Waals surface area contributed by atoms with Gasteiger partial charge in [0.15, 0.2) is 5.78 Å². The molecule has 1 amide bonds. The number of carbonyl (C=O) groups excluding carboxylic acids is 2. The summed E-state index contributed by atoms with van der Waals surface area (Å²) in [5.41, 5.74) is 0.748. The smallest absolute Gasteiger partial charge is 0.234 e. The van der Waals surface area contributed by atoms with Crippen LogP contribution in [0.25, 0.3) is 0 Å². The Kier molecular flexibility index (Phi) is 6.15. The van der Waals surface area contributed by atoms with Gasteiger partial charge < -0.3 is 5.32 Å². The largest absolute Gasteiger partial charge is 0.323 e. The number of nitrogens with one attached hydrogen (secondary N) is 1. The third-order valence-corrected chi connectivity index (χ3v) is 4.24. The van der Waals surface area contributed by atoms with Gasteiger partial charge in [0, 0.05) is 10.0 Å². The van der Waals surface area contributed by atoms with Crippen LogP contribution in [0.4, 0.5) is 10.1 Å². The van der Waals surface area contributed by atoms with Crippen molar-refractivity contribution < 1.29 is 14.0 Å². The fourth-order valence-corrected chi connectivity index (χ4v) is 2.68. The number of hydrogen-bond acceptors (Lipinski definition) is 3. The monoisotopic (exact) mass is 381 g/mol. The molecule has 0 fully saturated rings. The second-order valence-electron chi connectivity index (χ2n) is 4.45. The van der Waals surface area contributed by atoms with E-state index in [4.69, 9.17) is 0 Å². The molecule has 0 aliphatic carbocycles. The highest BCUT2D eigenvalue weighted by Gasteiger charge is 2.09. The van der Waals surface area contributed by atoms with Crippen molar-refractivity contribution in [2.75, 3.05) is 16.8 Å². The Labute approximate surface area is 140 Å². The van der Waals surface area contributed by atoms with Crippen molar-refractivity contribution >= 4 is 45.1 Å². The molecule has 0 bridgehead atoms. The first-order valence-corrected chi connectivity index (χ1v) is 8.42. The van der Waals surface area contributed by atoms with Crippen LogP contribution in [0.1, 0.15) is 10.4 Å². The molecule has 2 aromatic rings. The third-order valence-electron chi connectivity index (χ3n) is 2.78. The van der Waals surface area contributed by atoms with Crippen LogP contribution in [0.15, 0.2) is 53.0 Å². The van der Waals surface area contributed by atoms with E-state index in [0.717, 1.165) is 4.47 Å². The summed E-state index contributed by atoms with van der Waals surface area (Å²) in [5, 5.41) is 2.48. The van der Waals surface area contributed by atoms with E-state index >= 15 is 0 Å². The maximum absolute atomic E-state index is 13.4. The number of ketones is 1. The summed E-state index contributed by atoms with van der Waals surface area (Å²) >= 11 is 4.50. The van der Waals surface area contributed by atoms with Gasteiger partial charge in [0.1, 0.15) is 5.82 Å². The molecule has 0 aromatic heterocycles. The highest BCUT2D eigenvalue weighted by molar-refractivity contribution is 9.10. The van der Waals surface area contributed by atoms with Crippen molar-refractivity contribution in [2.24, 2.45) is 0 Å². The van der Waals surface area contributed by atoms with Crippen LogP contribution in [0, 0.1) is 5.82 Å². The molecule has 0 aliphatic rings. The van der Waals surface area contributed by atoms with Crippen molar-refractivity contribution in [2.45, 2.75) is 0 Å². The molecule has 3 nitrogen and oxygen atoms in total. The average Bonchev–Trinajstić information content (AvgIpc) is 2.50. The zero-order chi connectivity index (χ0) is 15.9. The predicted octanol–water partition coefficient (Wildman–Crippen LogP) is 4.14. The molecular weight excluding hydrogens is 369 g/mol. The van der Waals surface area contributed by atoms with Crippen LogP contribution in [0.5, 0.6) is 0 Å². The van der Waals surface area contributed by atoms with Gasteiger partial charge in [-0.15, -0.1) is 11.8 Å². The topological polar surface area (TPSA) is 46.2 Å². The van der Waals surface area contributed by atoms with Crippen LogP contribution in [-0.4, -0.2) is 23.2 Å². The maximum atomic E-state index is 13.4. The summed E-state index contributed by atoms with van der Waals surface area (Å²) in [7, 11) is 0. The Morgan fingerprint density at radius 1 is 1.05 bits per heavy atom. The number of para-hydroxylation sites is 1. The first kappa shape index (κ1) is 16.7. The number of Topliss-reactive ketones (excluding diaryl/α,β-unsaturated/α-hetero) is 1. The molecule has 114 valence electrons. The lowest BCUT2D eigenvalue weighted by Crippen LogP contribution is -2.16. The van der Waals surface area contributed by atoms with Gasteiger partial charge in [-0.3, -0.25) is 9.59 Å². The second-order valence-corrected chi connectivity index (χ2v) is 6.35. The van der Waals surface area contributed by atoms with Gasteiger partial charge >= 0.3 is 0 Å². The van der Waals surface area contributed by atoms with E-state index < -0.39 is 5.82 Å². The number of anilines is 1. The Morgan fingerprint density at radius 3 is 2.41 bits per heavy atom. The average molecular weight is 382 g/mol. The van der Waals surface area contributed by atoms with E-state index in [0.29, 0.717) is 5.56 Å². The number of thioether (sulfide) groups is 1. The second kappa shape index (κ2) is 8.10. The quantitative estimate of drug-likeness (QED) is 0.764. The molecule has 22 heavy (non-hydrogen) atoms. The fraction of sp³-hybridized carbons (Fsp3) is 0.125. The normalized spacial score (nSPS) is 10.3. The van der Waals surface area contributed by atoms with Crippen molar-refractivity contribution in [3.05, 3.63) is 64.4 Å². The van der Waals surface area contributed by atoms with E-state index in [9.17, 15) is 14.0 Å². The lowest BCUT2D eigenvalue weighted by molar-refractivity contribution is -0.113. The molecule has 0 atom stereocenters. The van der Waals surface area contributed by atoms with Crippen LogP contribution < -0.4 is 5.32 Å². The third kappa shape index (κ3) is 4.96. The molecule has 0 saturated heterocycles. The number of rotatable bonds is 6. The Hall–Kier alpha value is -1.66. The first-order chi connectivity index (χ1) is 10.6. The van der Waals surface area contributed by atoms with Crippen molar-refractivity contribution in [1.82, 2.24) is 0 Å². The van der Waals surface area contributed by atoms with E-state index in [2.05, 4.69) is 21.2 Å². The number of hydrogen-bond donors (Lipinski definition) is 1. The van der Waals surface area contributed by atoms with Gasteiger partial charge in [-0.1, -0.05) is 40.2 Å². The Morgan fingerprint density at radius 2 is 1.73 bits per heavy atom. The van der Waals surface area contributed by atoms with Crippen LogP contribution in [0.2, 0.25) is 0 Å². The van der Waals surface area contributed by atoms with Crippen molar-refractivity contribution in [3.63, 3.8) is 0 Å². The minimum absolute atomic E-state index is 0.0452. The summed E-state index contributed by atoms with van der Waals surface area (Å²) in [6, 6.07) is 13.0. The van der Waals surface area contributed by atoms with E-state index in [1.165, 1.54) is 23.9 Å². The number of amides is 1. The molecule has 1 N–H and O–H groups in total. The van der Waals surface area contributed by atoms with Crippen molar-refractivity contribution in [1.29, 1.82) is 0 Å². The highest BCUT2D eigenvalue weighted by Crippen LogP contribution is 2.15. The van der Waals surface area contributed by atoms with Crippen molar-refractivity contribution in [3.8, 4) is 0 Å². The Balaban J connectivity index is 1.78. The number of halogens is 2. The van der Waals surface area contributed by atoms with Gasteiger partial charge in [-0.2, -0.15) is 0 Å². The van der Waals surface area contributed by atoms with E-state index in [-0.39, 0.29) is 28.9 Å². The molecule has 0 aliphatic heterocycles. The number of benzene rings is 2. The molecule has 0 spiro atoms. The van der Waals surface area contributed by atoms with E-state index in [1.54, 1.807) is 36.4 Å². The first-order valence-electron chi connectivity index (χ1n) is 6.47. The fourth-order valence-electron chi connectivity index (χ4n) is 1.70. The molecule has 2 rings (SSSR count). The standard InChI is InChI=1S/C16H13BrFNO2S/c17-12-7-5-11(6-8-12)15(20)9-22-10-16(21)19-14-4-2-1-3-13(14)18/h1-8H,9-10H2,(H,19,21). The summed E-state index contributed by atoms with van der Waals surface area (Å²) < 4.78 is 14.3. The zero-order valence-electron chi connectivity index (χ0n) is 11.5. The van der Waals surface area contributed by atoms with Gasteiger partial charge in [0.2, 0.25) is 5.91 Å². The summed E-state index contributed by atoms with van der Waals surface area (Å²) in [5.74, 6) is -0.565. The summed E-state index contributed by atoms with van der Waals surface area (Å²) in [4.78, 5) is 23.6. The highest BCUT2D eigenvalue weighted by atomic mass is 79.9. The Bertz CT molecular complexity index is 676. The van der Waals surface area contributed by atoms with Crippen LogP contribution in [-0.2, 0) is 4.79 Å². The SMILES string of the molecule is O=C(CSCC(=O)c1ccc(Br)cc1)Nc1ccccc1F. The summed E-state index contributed by atoms with van der Waals surface area (Å²) in [6.07, 6.45) is 0. The maximum Gasteiger partial charge on any atom is 0.234 e. The van der Waals surface area contributed by atoms with E-state index in [1.807, 2.05) is 0 Å². The molecular formula is C16H13BrFNO2S. The lowest BCUT2D eigenvalue weighted by Gasteiger charge is -2.06. The molecule has 2 aromatic carbocycles. The molecule has 0 radical (unpaired) electrons. The number of carbonyl (C=O) groups is 2. The predicted molar refractivity (Wildman–Crippen MR) is 90.8 cm³/mol. The van der Waals surface area contributed by atoms with Crippen LogP contribution >= 0.6 is 27.7 Å². The minimum Gasteiger partial charge on any atom is -0.323 e. The molecule has 0 unspecified atom stereocenters. The van der Waals surface area contributed by atoms with Gasteiger partial charge in [0.25, 0.3) is 0 Å². The summed E-state index contributed by atoms with van der Waals surface area (Å²) in [6.45, 7) is 0. The van der Waals surface area contributed by atoms with Crippen LogP contribution in [0.3, 0.4) is 0 Å². The minimum atomic E-state index is -0.480. The van der Waals surface area contributed by atoms with Gasteiger partial charge in [-0.25, -0.2) is 4.39 Å². The van der Waals surface area contributed by atoms with Gasteiger partial charge in [0.05, 0.1) is 17.2 Å². The van der Waals surface area contributed by atoms with Gasteiger partial charge in [-0.05, 0) is 24.3 Å². The molecule has 0 saturated carbocycles. The lowest BCUT2D eigenvalue weighted by atomic mass is 10.2.